The first-order valence-electron chi connectivity index (χ1n) is 9.12. The van der Waals surface area contributed by atoms with Crippen molar-refractivity contribution in [3.8, 4) is 11.3 Å². The smallest absolute Gasteiger partial charge is 0.219 e. The molecule has 146 valence electrons. The number of carbonyl (C=O) groups is 1. The normalized spacial score (nSPS) is 15.3. The number of hydrogen-bond acceptors (Lipinski definition) is 4. The van der Waals surface area contributed by atoms with Gasteiger partial charge in [-0.25, -0.2) is 4.98 Å². The summed E-state index contributed by atoms with van der Waals surface area (Å²) in [6.07, 6.45) is 1.89. The lowest BCUT2D eigenvalue weighted by Gasteiger charge is -2.34. The molecule has 1 amide bonds. The molecule has 0 spiro atoms. The molecular weight excluding hydrogens is 397 g/mol. The lowest BCUT2D eigenvalue weighted by Crippen LogP contribution is -2.47. The molecule has 0 saturated carbocycles. The van der Waals surface area contributed by atoms with Crippen LogP contribution in [0.3, 0.4) is 0 Å². The predicted molar refractivity (Wildman–Crippen MR) is 113 cm³/mol. The number of piperazine rings is 1. The van der Waals surface area contributed by atoms with Gasteiger partial charge in [0.1, 0.15) is 5.65 Å². The molecule has 0 bridgehead atoms. The lowest BCUT2D eigenvalue weighted by atomic mass is 10.1. The van der Waals surface area contributed by atoms with Crippen LogP contribution in [-0.2, 0) is 11.3 Å². The molecule has 1 aliphatic heterocycles. The standard InChI is InChI=1S/C20H21Cl2N5O/c1-13(28)26-8-6-25(7-9-26)12-18-20(16-4-2-14(21)10-17(16)22)24-19-5-3-15(23)11-27(18)19/h2-5,10-11H,6-9,12,23H2,1H3. The summed E-state index contributed by atoms with van der Waals surface area (Å²) < 4.78 is 2.02. The van der Waals surface area contributed by atoms with Crippen molar-refractivity contribution < 1.29 is 4.79 Å². The number of nitrogens with two attached hydrogens (primary N) is 1. The summed E-state index contributed by atoms with van der Waals surface area (Å²) in [5, 5.41) is 1.15. The first-order valence-corrected chi connectivity index (χ1v) is 9.88. The minimum absolute atomic E-state index is 0.121. The Hall–Kier alpha value is -2.28. The van der Waals surface area contributed by atoms with E-state index in [1.807, 2.05) is 39.8 Å². The highest BCUT2D eigenvalue weighted by atomic mass is 35.5. The van der Waals surface area contributed by atoms with Gasteiger partial charge in [0.2, 0.25) is 5.91 Å². The summed E-state index contributed by atoms with van der Waals surface area (Å²) in [6.45, 7) is 5.37. The van der Waals surface area contributed by atoms with Crippen molar-refractivity contribution in [2.45, 2.75) is 13.5 Å². The third kappa shape index (κ3) is 3.68. The summed E-state index contributed by atoms with van der Waals surface area (Å²) in [4.78, 5) is 20.6. The maximum absolute atomic E-state index is 11.6. The van der Waals surface area contributed by atoms with Crippen molar-refractivity contribution in [1.29, 1.82) is 0 Å². The first-order chi connectivity index (χ1) is 13.4. The van der Waals surface area contributed by atoms with Crippen molar-refractivity contribution in [1.82, 2.24) is 19.2 Å². The zero-order valence-electron chi connectivity index (χ0n) is 15.5. The van der Waals surface area contributed by atoms with Crippen LogP contribution in [0.25, 0.3) is 16.9 Å². The summed E-state index contributed by atoms with van der Waals surface area (Å²) >= 11 is 12.5. The van der Waals surface area contributed by atoms with Crippen LogP contribution in [-0.4, -0.2) is 51.3 Å². The number of amides is 1. The van der Waals surface area contributed by atoms with Gasteiger partial charge in [0.05, 0.1) is 16.4 Å². The van der Waals surface area contributed by atoms with E-state index in [2.05, 4.69) is 4.90 Å². The second kappa shape index (κ2) is 7.62. The van der Waals surface area contributed by atoms with Gasteiger partial charge in [-0.1, -0.05) is 23.2 Å². The van der Waals surface area contributed by atoms with Crippen LogP contribution in [0.2, 0.25) is 10.0 Å². The summed E-state index contributed by atoms with van der Waals surface area (Å²) in [6, 6.07) is 9.18. The third-order valence-electron chi connectivity index (χ3n) is 5.12. The largest absolute Gasteiger partial charge is 0.398 e. The molecule has 1 saturated heterocycles. The Balaban J connectivity index is 1.73. The zero-order chi connectivity index (χ0) is 19.8. The second-order valence-corrected chi connectivity index (χ2v) is 7.85. The van der Waals surface area contributed by atoms with Gasteiger partial charge in [0.25, 0.3) is 0 Å². The molecule has 0 atom stereocenters. The molecule has 1 aromatic carbocycles. The molecule has 8 heteroatoms. The number of fused-ring (bicyclic) bond motifs is 1. The number of carbonyl (C=O) groups excluding carboxylic acids is 1. The van der Waals surface area contributed by atoms with E-state index in [0.29, 0.717) is 22.3 Å². The van der Waals surface area contributed by atoms with Gasteiger partial charge in [-0.2, -0.15) is 0 Å². The van der Waals surface area contributed by atoms with Crippen LogP contribution in [0.5, 0.6) is 0 Å². The van der Waals surface area contributed by atoms with Gasteiger partial charge in [-0.3, -0.25) is 9.69 Å². The Morgan fingerprint density at radius 2 is 1.89 bits per heavy atom. The van der Waals surface area contributed by atoms with Crippen molar-refractivity contribution >= 4 is 40.4 Å². The molecule has 28 heavy (non-hydrogen) atoms. The average Bonchev–Trinajstić information content (AvgIpc) is 3.00. The third-order valence-corrected chi connectivity index (χ3v) is 5.67. The molecule has 0 unspecified atom stereocenters. The lowest BCUT2D eigenvalue weighted by molar-refractivity contribution is -0.130. The number of nitrogens with zero attached hydrogens (tertiary/aromatic N) is 4. The summed E-state index contributed by atoms with van der Waals surface area (Å²) in [7, 11) is 0. The Kier molecular flexibility index (Phi) is 5.19. The van der Waals surface area contributed by atoms with Crippen LogP contribution in [0, 0.1) is 0 Å². The molecule has 4 rings (SSSR count). The van der Waals surface area contributed by atoms with E-state index in [0.717, 1.165) is 48.8 Å². The Bertz CT molecular complexity index is 1040. The quantitative estimate of drug-likeness (QED) is 0.707. The molecule has 0 aliphatic carbocycles. The van der Waals surface area contributed by atoms with E-state index in [1.165, 1.54) is 0 Å². The van der Waals surface area contributed by atoms with Gasteiger partial charge in [0, 0.05) is 62.1 Å². The van der Waals surface area contributed by atoms with Crippen LogP contribution in [0.15, 0.2) is 36.5 Å². The number of anilines is 1. The van der Waals surface area contributed by atoms with Crippen LogP contribution >= 0.6 is 23.2 Å². The molecule has 1 fully saturated rings. The average molecular weight is 418 g/mol. The molecule has 0 radical (unpaired) electrons. The number of imidazole rings is 1. The molecule has 1 aliphatic rings. The molecule has 6 nitrogen and oxygen atoms in total. The number of nitrogen functional groups attached to an aromatic ring is 1. The number of rotatable bonds is 3. The number of hydrogen-bond donors (Lipinski definition) is 1. The number of benzene rings is 1. The predicted octanol–water partition coefficient (Wildman–Crippen LogP) is 3.55. The van der Waals surface area contributed by atoms with E-state index in [1.54, 1.807) is 13.0 Å². The number of halogens is 2. The fraction of sp³-hybridized carbons (Fsp3) is 0.300. The molecule has 2 aromatic heterocycles. The van der Waals surface area contributed by atoms with E-state index in [-0.39, 0.29) is 5.91 Å². The second-order valence-electron chi connectivity index (χ2n) is 7.00. The Morgan fingerprint density at radius 1 is 1.14 bits per heavy atom. The van der Waals surface area contributed by atoms with E-state index >= 15 is 0 Å². The van der Waals surface area contributed by atoms with Crippen molar-refractivity contribution in [3.05, 3.63) is 52.3 Å². The molecule has 2 N–H and O–H groups in total. The highest BCUT2D eigenvalue weighted by Crippen LogP contribution is 2.33. The monoisotopic (exact) mass is 417 g/mol. The minimum Gasteiger partial charge on any atom is -0.398 e. The van der Waals surface area contributed by atoms with Crippen LogP contribution in [0.4, 0.5) is 5.69 Å². The maximum atomic E-state index is 11.6. The van der Waals surface area contributed by atoms with E-state index in [4.69, 9.17) is 33.9 Å². The van der Waals surface area contributed by atoms with Gasteiger partial charge in [0.15, 0.2) is 0 Å². The Labute approximate surface area is 173 Å². The van der Waals surface area contributed by atoms with Crippen LogP contribution in [0.1, 0.15) is 12.6 Å². The molecule has 3 heterocycles. The highest BCUT2D eigenvalue weighted by molar-refractivity contribution is 6.36. The fourth-order valence-corrected chi connectivity index (χ4v) is 4.09. The van der Waals surface area contributed by atoms with Crippen molar-refractivity contribution in [3.63, 3.8) is 0 Å². The zero-order valence-corrected chi connectivity index (χ0v) is 17.0. The summed E-state index contributed by atoms with van der Waals surface area (Å²) in [5.41, 5.74) is 10.2. The van der Waals surface area contributed by atoms with Crippen molar-refractivity contribution in [2.24, 2.45) is 0 Å². The van der Waals surface area contributed by atoms with Gasteiger partial charge in [-0.15, -0.1) is 0 Å². The Morgan fingerprint density at radius 3 is 2.57 bits per heavy atom. The van der Waals surface area contributed by atoms with Crippen LogP contribution < -0.4 is 5.73 Å². The SMILES string of the molecule is CC(=O)N1CCN(Cc2c(-c3ccc(Cl)cc3Cl)nc3ccc(N)cn23)CC1. The summed E-state index contributed by atoms with van der Waals surface area (Å²) in [5.74, 6) is 0.121. The van der Waals surface area contributed by atoms with Crippen molar-refractivity contribution in [2.75, 3.05) is 31.9 Å². The minimum atomic E-state index is 0.121. The van der Waals surface area contributed by atoms with Gasteiger partial charge in [-0.05, 0) is 30.3 Å². The molecule has 3 aromatic rings. The number of pyridine rings is 1. The van der Waals surface area contributed by atoms with Gasteiger partial charge < -0.3 is 15.0 Å². The van der Waals surface area contributed by atoms with E-state index < -0.39 is 0 Å². The maximum Gasteiger partial charge on any atom is 0.219 e. The first kappa shape index (κ1) is 19.1. The molecular formula is C20H21Cl2N5O. The highest BCUT2D eigenvalue weighted by Gasteiger charge is 2.23. The van der Waals surface area contributed by atoms with Gasteiger partial charge >= 0.3 is 0 Å². The fourth-order valence-electron chi connectivity index (χ4n) is 3.59. The topological polar surface area (TPSA) is 66.9 Å². The van der Waals surface area contributed by atoms with E-state index in [9.17, 15) is 4.79 Å². The number of aromatic nitrogens is 2.